The number of nitrogens with zero attached hydrogens (tertiary/aromatic N) is 1. The van der Waals surface area contributed by atoms with Gasteiger partial charge >= 0.3 is 0 Å². The SMILES string of the molecule is CC(C)CS(=O)(=O)N1CCC(NC(=O)CC(C)N)CC1.Cl. The lowest BCUT2D eigenvalue weighted by Gasteiger charge is -2.32. The second kappa shape index (κ2) is 8.92. The first-order chi connectivity index (χ1) is 9.20. The van der Waals surface area contributed by atoms with Gasteiger partial charge in [-0.3, -0.25) is 4.79 Å². The Labute approximate surface area is 134 Å². The molecular weight excluding hydrogens is 314 g/mol. The fraction of sp³-hybridized carbons (Fsp3) is 0.923. The lowest BCUT2D eigenvalue weighted by molar-refractivity contribution is -0.122. The van der Waals surface area contributed by atoms with E-state index in [1.807, 2.05) is 13.8 Å². The van der Waals surface area contributed by atoms with Crippen molar-refractivity contribution < 1.29 is 13.2 Å². The Bertz CT molecular complexity index is 418. The van der Waals surface area contributed by atoms with Crippen LogP contribution in [0.1, 0.15) is 40.0 Å². The van der Waals surface area contributed by atoms with E-state index >= 15 is 0 Å². The number of nitrogens with two attached hydrogens (primary N) is 1. The third-order valence-corrected chi connectivity index (χ3v) is 5.50. The van der Waals surface area contributed by atoms with Crippen LogP contribution < -0.4 is 11.1 Å². The maximum Gasteiger partial charge on any atom is 0.221 e. The molecule has 1 aliphatic rings. The minimum Gasteiger partial charge on any atom is -0.353 e. The summed E-state index contributed by atoms with van der Waals surface area (Å²) in [6.45, 7) is 6.56. The van der Waals surface area contributed by atoms with Gasteiger partial charge in [0.15, 0.2) is 0 Å². The highest BCUT2D eigenvalue weighted by molar-refractivity contribution is 7.89. The van der Waals surface area contributed by atoms with Crippen LogP contribution in [-0.2, 0) is 14.8 Å². The van der Waals surface area contributed by atoms with Crippen molar-refractivity contribution >= 4 is 28.3 Å². The minimum atomic E-state index is -3.15. The van der Waals surface area contributed by atoms with Gasteiger partial charge in [0, 0.05) is 31.6 Å². The number of rotatable bonds is 6. The molecule has 3 N–H and O–H groups in total. The van der Waals surface area contributed by atoms with Crippen LogP contribution in [0, 0.1) is 5.92 Å². The van der Waals surface area contributed by atoms with Crippen LogP contribution >= 0.6 is 12.4 Å². The highest BCUT2D eigenvalue weighted by atomic mass is 35.5. The molecule has 0 aromatic carbocycles. The topological polar surface area (TPSA) is 92.5 Å². The van der Waals surface area contributed by atoms with Crippen LogP contribution in [0.25, 0.3) is 0 Å². The van der Waals surface area contributed by atoms with E-state index < -0.39 is 10.0 Å². The van der Waals surface area contributed by atoms with Crippen LogP contribution in [0.3, 0.4) is 0 Å². The molecule has 0 spiro atoms. The van der Waals surface area contributed by atoms with E-state index in [0.29, 0.717) is 32.4 Å². The van der Waals surface area contributed by atoms with E-state index in [9.17, 15) is 13.2 Å². The maximum absolute atomic E-state index is 12.1. The molecule has 0 bridgehead atoms. The Hall–Kier alpha value is -0.370. The summed E-state index contributed by atoms with van der Waals surface area (Å²) in [6.07, 6.45) is 1.65. The van der Waals surface area contributed by atoms with Gasteiger partial charge in [0.2, 0.25) is 15.9 Å². The third kappa shape index (κ3) is 7.44. The molecule has 1 amide bonds. The fourth-order valence-electron chi connectivity index (χ4n) is 2.38. The summed E-state index contributed by atoms with van der Waals surface area (Å²) >= 11 is 0. The monoisotopic (exact) mass is 341 g/mol. The van der Waals surface area contributed by atoms with Crippen molar-refractivity contribution in [2.24, 2.45) is 11.7 Å². The minimum absolute atomic E-state index is 0. The molecule has 1 saturated heterocycles. The Morgan fingerprint density at radius 1 is 1.29 bits per heavy atom. The average molecular weight is 342 g/mol. The molecule has 1 heterocycles. The zero-order valence-corrected chi connectivity index (χ0v) is 14.7. The number of amides is 1. The van der Waals surface area contributed by atoms with Gasteiger partial charge in [-0.1, -0.05) is 13.8 Å². The molecular formula is C13H28ClN3O3S. The van der Waals surface area contributed by atoms with Crippen molar-refractivity contribution in [2.75, 3.05) is 18.8 Å². The summed E-state index contributed by atoms with van der Waals surface area (Å²) in [6, 6.07) is -0.0896. The van der Waals surface area contributed by atoms with Crippen molar-refractivity contribution in [1.82, 2.24) is 9.62 Å². The third-order valence-electron chi connectivity index (χ3n) is 3.26. The van der Waals surface area contributed by atoms with Crippen molar-refractivity contribution in [2.45, 2.75) is 52.1 Å². The molecule has 6 nitrogen and oxygen atoms in total. The predicted molar refractivity (Wildman–Crippen MR) is 86.9 cm³/mol. The Kier molecular flexibility index (Phi) is 8.77. The largest absolute Gasteiger partial charge is 0.353 e. The molecule has 1 unspecified atom stereocenters. The van der Waals surface area contributed by atoms with Crippen LogP contribution in [-0.4, -0.2) is 49.6 Å². The summed E-state index contributed by atoms with van der Waals surface area (Å²) in [7, 11) is -3.15. The summed E-state index contributed by atoms with van der Waals surface area (Å²) in [5, 5.41) is 2.92. The quantitative estimate of drug-likeness (QED) is 0.744. The molecule has 0 aromatic heterocycles. The van der Waals surface area contributed by atoms with E-state index in [1.165, 1.54) is 0 Å². The molecule has 21 heavy (non-hydrogen) atoms. The molecule has 0 radical (unpaired) electrons. The van der Waals surface area contributed by atoms with Gasteiger partial charge in [-0.15, -0.1) is 12.4 Å². The molecule has 0 saturated carbocycles. The maximum atomic E-state index is 12.1. The van der Waals surface area contributed by atoms with Gasteiger partial charge in [-0.05, 0) is 25.7 Å². The van der Waals surface area contributed by atoms with E-state index in [1.54, 1.807) is 11.2 Å². The van der Waals surface area contributed by atoms with E-state index in [-0.39, 0.29) is 42.1 Å². The first-order valence-corrected chi connectivity index (χ1v) is 8.84. The summed E-state index contributed by atoms with van der Waals surface area (Å²) in [5.41, 5.74) is 5.58. The van der Waals surface area contributed by atoms with Gasteiger partial charge in [0.1, 0.15) is 0 Å². The van der Waals surface area contributed by atoms with Crippen molar-refractivity contribution in [3.63, 3.8) is 0 Å². The van der Waals surface area contributed by atoms with Crippen LogP contribution in [0.4, 0.5) is 0 Å². The summed E-state index contributed by atoms with van der Waals surface area (Å²) in [4.78, 5) is 11.6. The van der Waals surface area contributed by atoms with E-state index in [2.05, 4.69) is 5.32 Å². The fourth-order valence-corrected chi connectivity index (χ4v) is 4.20. The summed E-state index contributed by atoms with van der Waals surface area (Å²) in [5.74, 6) is 0.265. The first kappa shape index (κ1) is 20.6. The normalized spacial score (nSPS) is 19.1. The van der Waals surface area contributed by atoms with Gasteiger partial charge in [-0.2, -0.15) is 0 Å². The number of halogens is 1. The second-order valence-corrected chi connectivity index (χ2v) is 8.11. The standard InChI is InChI=1S/C13H27N3O3S.ClH/c1-10(2)9-20(18,19)16-6-4-12(5-7-16)15-13(17)8-11(3)14;/h10-12H,4-9,14H2,1-3H3,(H,15,17);1H. The zero-order chi connectivity index (χ0) is 15.3. The predicted octanol–water partition coefficient (Wildman–Crippen LogP) is 0.712. The number of hydrogen-bond acceptors (Lipinski definition) is 4. The number of piperidine rings is 1. The lowest BCUT2D eigenvalue weighted by atomic mass is 10.1. The van der Waals surface area contributed by atoms with E-state index in [0.717, 1.165) is 0 Å². The molecule has 1 atom stereocenters. The Morgan fingerprint density at radius 2 is 1.81 bits per heavy atom. The number of nitrogens with one attached hydrogen (secondary N) is 1. The Morgan fingerprint density at radius 3 is 2.24 bits per heavy atom. The molecule has 1 aliphatic heterocycles. The smallest absolute Gasteiger partial charge is 0.221 e. The van der Waals surface area contributed by atoms with Gasteiger partial charge in [0.05, 0.1) is 5.75 Å². The van der Waals surface area contributed by atoms with Crippen LogP contribution in [0.2, 0.25) is 0 Å². The average Bonchev–Trinajstić information content (AvgIpc) is 2.26. The number of carbonyl (C=O) groups is 1. The molecule has 1 rings (SSSR count). The number of carbonyl (C=O) groups excluding carboxylic acids is 1. The zero-order valence-electron chi connectivity index (χ0n) is 13.0. The second-order valence-electron chi connectivity index (χ2n) is 6.09. The Balaban J connectivity index is 0.00000400. The number of sulfonamides is 1. The van der Waals surface area contributed by atoms with Gasteiger partial charge in [-0.25, -0.2) is 12.7 Å². The van der Waals surface area contributed by atoms with Crippen molar-refractivity contribution in [1.29, 1.82) is 0 Å². The van der Waals surface area contributed by atoms with Gasteiger partial charge in [0.25, 0.3) is 0 Å². The molecule has 0 aliphatic carbocycles. The molecule has 126 valence electrons. The summed E-state index contributed by atoms with van der Waals surface area (Å²) < 4.78 is 25.7. The van der Waals surface area contributed by atoms with E-state index in [4.69, 9.17) is 5.73 Å². The lowest BCUT2D eigenvalue weighted by Crippen LogP contribution is -2.47. The molecule has 0 aromatic rings. The first-order valence-electron chi connectivity index (χ1n) is 7.23. The van der Waals surface area contributed by atoms with Crippen LogP contribution in [0.5, 0.6) is 0 Å². The number of hydrogen-bond donors (Lipinski definition) is 2. The van der Waals surface area contributed by atoms with Crippen molar-refractivity contribution in [3.05, 3.63) is 0 Å². The molecule has 1 fully saturated rings. The highest BCUT2D eigenvalue weighted by Gasteiger charge is 2.28. The molecule has 8 heteroatoms. The van der Waals surface area contributed by atoms with Gasteiger partial charge < -0.3 is 11.1 Å². The highest BCUT2D eigenvalue weighted by Crippen LogP contribution is 2.16. The van der Waals surface area contributed by atoms with Crippen molar-refractivity contribution in [3.8, 4) is 0 Å². The van der Waals surface area contributed by atoms with Crippen LogP contribution in [0.15, 0.2) is 0 Å².